The van der Waals surface area contributed by atoms with Gasteiger partial charge in [-0.05, 0) is 41.3 Å². The third-order valence-electron chi connectivity index (χ3n) is 5.61. The van der Waals surface area contributed by atoms with Gasteiger partial charge in [-0.3, -0.25) is 9.69 Å². The molecule has 0 spiro atoms. The van der Waals surface area contributed by atoms with Crippen LogP contribution in [-0.2, 0) is 11.4 Å². The maximum absolute atomic E-state index is 13.5. The maximum atomic E-state index is 13.5. The average molecular weight is 518 g/mol. The monoisotopic (exact) mass is 517 g/mol. The number of thiocarbonyl (C=S) groups is 1. The third-order valence-corrected chi connectivity index (χ3v) is 7.17. The van der Waals surface area contributed by atoms with E-state index >= 15 is 0 Å². The van der Waals surface area contributed by atoms with Crippen molar-refractivity contribution in [1.82, 2.24) is 0 Å². The number of ether oxygens (including phenoxy) is 2. The third kappa shape index (κ3) is 4.78. The van der Waals surface area contributed by atoms with Gasteiger partial charge in [0.2, 0.25) is 0 Å². The molecule has 35 heavy (non-hydrogen) atoms. The molecule has 0 atom stereocenters. The van der Waals surface area contributed by atoms with E-state index in [4.69, 9.17) is 33.3 Å². The van der Waals surface area contributed by atoms with Crippen LogP contribution in [-0.4, -0.2) is 17.3 Å². The predicted octanol–water partition coefficient (Wildman–Crippen LogP) is 7.49. The molecule has 1 amide bonds. The van der Waals surface area contributed by atoms with Crippen LogP contribution >= 0.6 is 35.6 Å². The van der Waals surface area contributed by atoms with Crippen LogP contribution in [0.25, 0.3) is 16.8 Å². The highest BCUT2D eigenvalue weighted by molar-refractivity contribution is 8.27. The number of fused-ring (bicyclic) bond motifs is 1. The molecule has 0 aromatic heterocycles. The van der Waals surface area contributed by atoms with Gasteiger partial charge >= 0.3 is 0 Å². The van der Waals surface area contributed by atoms with Crippen molar-refractivity contribution in [1.29, 1.82) is 0 Å². The SMILES string of the molecule is COc1cccc(/C=C2\SC(=S)N(c3cccc4ccccc34)C2=O)c1OCc1ccc(Cl)cc1. The Kier molecular flexibility index (Phi) is 6.77. The minimum absolute atomic E-state index is 0.164. The molecule has 0 bridgehead atoms. The van der Waals surface area contributed by atoms with Crippen molar-refractivity contribution in [3.05, 3.63) is 106 Å². The molecule has 4 aromatic rings. The smallest absolute Gasteiger partial charge is 0.270 e. The van der Waals surface area contributed by atoms with Crippen LogP contribution in [0.5, 0.6) is 11.5 Å². The van der Waals surface area contributed by atoms with Gasteiger partial charge in [-0.2, -0.15) is 0 Å². The minimum Gasteiger partial charge on any atom is -0.493 e. The first-order valence-electron chi connectivity index (χ1n) is 10.8. The molecule has 0 unspecified atom stereocenters. The first-order valence-corrected chi connectivity index (χ1v) is 12.5. The lowest BCUT2D eigenvalue weighted by atomic mass is 10.1. The van der Waals surface area contributed by atoms with Gasteiger partial charge < -0.3 is 9.47 Å². The second-order valence-electron chi connectivity index (χ2n) is 7.81. The van der Waals surface area contributed by atoms with Crippen LogP contribution in [0.3, 0.4) is 0 Å². The highest BCUT2D eigenvalue weighted by Gasteiger charge is 2.34. The maximum Gasteiger partial charge on any atom is 0.270 e. The predicted molar refractivity (Wildman–Crippen MR) is 148 cm³/mol. The molecule has 0 aliphatic carbocycles. The Hall–Kier alpha value is -3.32. The molecule has 4 aromatic carbocycles. The van der Waals surface area contributed by atoms with Crippen molar-refractivity contribution in [3.8, 4) is 11.5 Å². The largest absolute Gasteiger partial charge is 0.493 e. The van der Waals surface area contributed by atoms with Crippen molar-refractivity contribution < 1.29 is 14.3 Å². The highest BCUT2D eigenvalue weighted by atomic mass is 35.5. The summed E-state index contributed by atoms with van der Waals surface area (Å²) in [6, 6.07) is 26.9. The summed E-state index contributed by atoms with van der Waals surface area (Å²) in [5.74, 6) is 0.973. The lowest BCUT2D eigenvalue weighted by Gasteiger charge is -2.17. The van der Waals surface area contributed by atoms with Gasteiger partial charge in [0.25, 0.3) is 5.91 Å². The van der Waals surface area contributed by atoms with E-state index in [1.807, 2.05) is 91.0 Å². The second kappa shape index (κ2) is 10.1. The van der Waals surface area contributed by atoms with Gasteiger partial charge in [0.05, 0.1) is 17.7 Å². The zero-order chi connectivity index (χ0) is 24.4. The van der Waals surface area contributed by atoms with Crippen molar-refractivity contribution in [2.45, 2.75) is 6.61 Å². The Labute approximate surface area is 218 Å². The van der Waals surface area contributed by atoms with Crippen LogP contribution in [0.15, 0.2) is 89.8 Å². The number of benzene rings is 4. The zero-order valence-corrected chi connectivity index (χ0v) is 21.1. The zero-order valence-electron chi connectivity index (χ0n) is 18.7. The number of methoxy groups -OCH3 is 1. The molecular weight excluding hydrogens is 498 g/mol. The van der Waals surface area contributed by atoms with Crippen molar-refractivity contribution in [2.75, 3.05) is 12.0 Å². The molecule has 0 radical (unpaired) electrons. The van der Waals surface area contributed by atoms with Crippen molar-refractivity contribution >= 4 is 68.3 Å². The van der Waals surface area contributed by atoms with Crippen LogP contribution in [0, 0.1) is 0 Å². The number of hydrogen-bond donors (Lipinski definition) is 0. The molecule has 1 heterocycles. The molecule has 1 saturated heterocycles. The summed E-state index contributed by atoms with van der Waals surface area (Å²) < 4.78 is 12.2. The number of rotatable bonds is 6. The normalized spacial score (nSPS) is 14.7. The van der Waals surface area contributed by atoms with Crippen molar-refractivity contribution in [2.24, 2.45) is 0 Å². The van der Waals surface area contributed by atoms with Crippen LogP contribution in [0.4, 0.5) is 5.69 Å². The van der Waals surface area contributed by atoms with Gasteiger partial charge in [0.15, 0.2) is 15.8 Å². The van der Waals surface area contributed by atoms with E-state index in [1.165, 1.54) is 11.8 Å². The van der Waals surface area contributed by atoms with Gasteiger partial charge in [-0.25, -0.2) is 0 Å². The molecule has 174 valence electrons. The van der Waals surface area contributed by atoms with E-state index in [2.05, 4.69) is 0 Å². The van der Waals surface area contributed by atoms with E-state index in [0.29, 0.717) is 32.4 Å². The summed E-state index contributed by atoms with van der Waals surface area (Å²) in [6.45, 7) is 0.329. The van der Waals surface area contributed by atoms with Gasteiger partial charge in [0, 0.05) is 16.0 Å². The quantitative estimate of drug-likeness (QED) is 0.196. The molecule has 1 fully saturated rings. The first kappa shape index (κ1) is 23.4. The van der Waals surface area contributed by atoms with Gasteiger partial charge in [-0.1, -0.05) is 96.2 Å². The molecule has 0 N–H and O–H groups in total. The topological polar surface area (TPSA) is 38.8 Å². The molecule has 7 heteroatoms. The first-order chi connectivity index (χ1) is 17.0. The fraction of sp³-hybridized carbons (Fsp3) is 0.0714. The Balaban J connectivity index is 1.48. The average Bonchev–Trinajstić information content (AvgIpc) is 3.16. The summed E-state index contributed by atoms with van der Waals surface area (Å²) in [7, 11) is 1.59. The molecule has 0 saturated carbocycles. The Morgan fingerprint density at radius 2 is 1.71 bits per heavy atom. The summed E-state index contributed by atoms with van der Waals surface area (Å²) in [4.78, 5) is 15.6. The number of carbonyl (C=O) groups excluding carboxylic acids is 1. The van der Waals surface area contributed by atoms with Crippen LogP contribution in [0.1, 0.15) is 11.1 Å². The fourth-order valence-corrected chi connectivity index (χ4v) is 5.32. The van der Waals surface area contributed by atoms with Crippen molar-refractivity contribution in [3.63, 3.8) is 0 Å². The van der Waals surface area contributed by atoms with E-state index in [9.17, 15) is 4.79 Å². The highest BCUT2D eigenvalue weighted by Crippen LogP contribution is 2.41. The van der Waals surface area contributed by atoms with E-state index in [1.54, 1.807) is 12.0 Å². The summed E-state index contributed by atoms with van der Waals surface area (Å²) in [6.07, 6.45) is 1.81. The van der Waals surface area contributed by atoms with E-state index in [-0.39, 0.29) is 5.91 Å². The molecule has 1 aliphatic heterocycles. The number of thioether (sulfide) groups is 1. The van der Waals surface area contributed by atoms with E-state index < -0.39 is 0 Å². The number of halogens is 1. The summed E-state index contributed by atoms with van der Waals surface area (Å²) in [5, 5.41) is 2.69. The Bertz CT molecular complexity index is 1460. The number of amides is 1. The fourth-order valence-electron chi connectivity index (χ4n) is 3.92. The summed E-state index contributed by atoms with van der Waals surface area (Å²) >= 11 is 12.9. The lowest BCUT2D eigenvalue weighted by Crippen LogP contribution is -2.27. The number of anilines is 1. The van der Waals surface area contributed by atoms with Gasteiger partial charge in [-0.15, -0.1) is 0 Å². The lowest BCUT2D eigenvalue weighted by molar-refractivity contribution is -0.113. The number of carbonyl (C=O) groups is 1. The molecule has 1 aliphatic rings. The Morgan fingerprint density at radius 1 is 0.971 bits per heavy atom. The van der Waals surface area contributed by atoms with Crippen LogP contribution < -0.4 is 14.4 Å². The van der Waals surface area contributed by atoms with Crippen LogP contribution in [0.2, 0.25) is 5.02 Å². The molecule has 4 nitrogen and oxygen atoms in total. The minimum atomic E-state index is -0.164. The number of para-hydroxylation sites is 1. The second-order valence-corrected chi connectivity index (χ2v) is 9.92. The van der Waals surface area contributed by atoms with Gasteiger partial charge in [0.1, 0.15) is 6.61 Å². The standard InChI is InChI=1S/C28H20ClNO3S2/c1-32-24-11-5-8-20(26(24)33-17-18-12-14-21(29)15-13-18)16-25-27(31)30(28(34)35-25)23-10-4-7-19-6-2-3-9-22(19)23/h2-16H,17H2,1H3/b25-16-. The molecule has 5 rings (SSSR count). The number of nitrogens with zero attached hydrogens (tertiary/aromatic N) is 1. The molecular formula is C28H20ClNO3S2. The summed E-state index contributed by atoms with van der Waals surface area (Å²) in [5.41, 5.74) is 2.48. The Morgan fingerprint density at radius 3 is 2.51 bits per heavy atom. The number of hydrogen-bond acceptors (Lipinski definition) is 5. The van der Waals surface area contributed by atoms with E-state index in [0.717, 1.165) is 27.6 Å².